The van der Waals surface area contributed by atoms with Gasteiger partial charge in [-0.25, -0.2) is 4.98 Å². The van der Waals surface area contributed by atoms with Crippen molar-refractivity contribution in [1.29, 1.82) is 0 Å². The predicted octanol–water partition coefficient (Wildman–Crippen LogP) is 3.65. The number of nitrogens with one attached hydrogen (secondary N) is 2. The molecule has 3 nitrogen and oxygen atoms in total. The van der Waals surface area contributed by atoms with E-state index in [1.807, 2.05) is 6.20 Å². The Bertz CT molecular complexity index is 810. The molecule has 1 saturated heterocycles. The zero-order valence-corrected chi connectivity index (χ0v) is 11.7. The van der Waals surface area contributed by atoms with Crippen molar-refractivity contribution in [2.75, 3.05) is 0 Å². The van der Waals surface area contributed by atoms with Crippen LogP contribution in [0.1, 0.15) is 24.7 Å². The van der Waals surface area contributed by atoms with Crippen molar-refractivity contribution in [3.63, 3.8) is 0 Å². The van der Waals surface area contributed by atoms with Gasteiger partial charge in [-0.2, -0.15) is 0 Å². The Morgan fingerprint density at radius 3 is 2.76 bits per heavy atom. The Labute approximate surface area is 123 Å². The second-order valence-corrected chi connectivity index (χ2v) is 6.30. The van der Waals surface area contributed by atoms with Gasteiger partial charge in [0, 0.05) is 11.6 Å². The van der Waals surface area contributed by atoms with Gasteiger partial charge in [-0.3, -0.25) is 0 Å². The molecule has 0 spiro atoms. The van der Waals surface area contributed by atoms with Crippen LogP contribution in [0, 0.1) is 5.92 Å². The van der Waals surface area contributed by atoms with E-state index in [4.69, 9.17) is 0 Å². The largest absolute Gasteiger partial charge is 0.341 e. The first-order valence-electron chi connectivity index (χ1n) is 7.67. The first kappa shape index (κ1) is 11.5. The SMILES string of the molecule is c1ccc2cc(-c3cnc([C@@H]4C[C@H]5C[C@H]5N4)[nH]3)ccc2c1. The second kappa shape index (κ2) is 4.18. The van der Waals surface area contributed by atoms with E-state index in [0.29, 0.717) is 6.04 Å². The summed E-state index contributed by atoms with van der Waals surface area (Å²) in [5, 5.41) is 6.19. The number of piperidine rings is 1. The summed E-state index contributed by atoms with van der Waals surface area (Å²) in [7, 11) is 0. The zero-order valence-electron chi connectivity index (χ0n) is 11.7. The summed E-state index contributed by atoms with van der Waals surface area (Å²) in [6, 6.07) is 16.2. The van der Waals surface area contributed by atoms with Gasteiger partial charge in [-0.1, -0.05) is 36.4 Å². The molecule has 1 saturated carbocycles. The van der Waals surface area contributed by atoms with Crippen molar-refractivity contribution < 1.29 is 0 Å². The molecule has 2 fully saturated rings. The molecule has 3 aromatic rings. The lowest BCUT2D eigenvalue weighted by atomic mass is 10.1. The number of aromatic amines is 1. The van der Waals surface area contributed by atoms with E-state index in [9.17, 15) is 0 Å². The van der Waals surface area contributed by atoms with Crippen LogP contribution in [0.2, 0.25) is 0 Å². The molecule has 21 heavy (non-hydrogen) atoms. The van der Waals surface area contributed by atoms with Crippen molar-refractivity contribution in [1.82, 2.24) is 15.3 Å². The van der Waals surface area contributed by atoms with E-state index in [0.717, 1.165) is 23.5 Å². The van der Waals surface area contributed by atoms with E-state index in [-0.39, 0.29) is 0 Å². The summed E-state index contributed by atoms with van der Waals surface area (Å²) >= 11 is 0. The Balaban J connectivity index is 1.49. The van der Waals surface area contributed by atoms with Gasteiger partial charge in [0.05, 0.1) is 17.9 Å². The molecule has 104 valence electrons. The van der Waals surface area contributed by atoms with Gasteiger partial charge >= 0.3 is 0 Å². The number of hydrogen-bond donors (Lipinski definition) is 2. The Kier molecular flexibility index (Phi) is 2.29. The summed E-state index contributed by atoms with van der Waals surface area (Å²) in [6.07, 6.45) is 4.55. The average molecular weight is 275 g/mol. The summed E-state index contributed by atoms with van der Waals surface area (Å²) in [4.78, 5) is 8.10. The highest BCUT2D eigenvalue weighted by Gasteiger charge is 2.46. The fourth-order valence-corrected chi connectivity index (χ4v) is 3.55. The molecule has 5 rings (SSSR count). The molecule has 2 aromatic carbocycles. The maximum absolute atomic E-state index is 4.59. The number of rotatable bonds is 2. The fourth-order valence-electron chi connectivity index (χ4n) is 3.55. The van der Waals surface area contributed by atoms with Crippen LogP contribution in [0.4, 0.5) is 0 Å². The number of benzene rings is 2. The lowest BCUT2D eigenvalue weighted by Crippen LogP contribution is -2.18. The minimum absolute atomic E-state index is 0.419. The minimum Gasteiger partial charge on any atom is -0.341 e. The third-order valence-electron chi connectivity index (χ3n) is 4.86. The number of imidazole rings is 1. The van der Waals surface area contributed by atoms with E-state index in [1.54, 1.807) is 0 Å². The van der Waals surface area contributed by atoms with Gasteiger partial charge in [-0.05, 0) is 35.6 Å². The minimum atomic E-state index is 0.419. The Hall–Kier alpha value is -2.13. The van der Waals surface area contributed by atoms with Crippen LogP contribution in [-0.4, -0.2) is 16.0 Å². The van der Waals surface area contributed by atoms with Crippen LogP contribution in [0.25, 0.3) is 22.0 Å². The van der Waals surface area contributed by atoms with Gasteiger partial charge < -0.3 is 10.3 Å². The predicted molar refractivity (Wildman–Crippen MR) is 83.9 cm³/mol. The van der Waals surface area contributed by atoms with Crippen LogP contribution in [0.15, 0.2) is 48.7 Å². The molecule has 2 N–H and O–H groups in total. The fraction of sp³-hybridized carbons (Fsp3) is 0.278. The lowest BCUT2D eigenvalue weighted by molar-refractivity contribution is 0.543. The van der Waals surface area contributed by atoms with Crippen LogP contribution in [-0.2, 0) is 0 Å². The quantitative estimate of drug-likeness (QED) is 0.749. The maximum atomic E-state index is 4.59. The molecule has 1 aliphatic heterocycles. The van der Waals surface area contributed by atoms with Crippen LogP contribution in [0.3, 0.4) is 0 Å². The van der Waals surface area contributed by atoms with Gasteiger partial charge in [0.2, 0.25) is 0 Å². The summed E-state index contributed by atoms with van der Waals surface area (Å²) in [5.41, 5.74) is 2.31. The first-order valence-corrected chi connectivity index (χ1v) is 7.67. The smallest absolute Gasteiger partial charge is 0.123 e. The number of hydrogen-bond acceptors (Lipinski definition) is 2. The second-order valence-electron chi connectivity index (χ2n) is 6.30. The van der Waals surface area contributed by atoms with Crippen molar-refractivity contribution in [3.05, 3.63) is 54.5 Å². The average Bonchev–Trinajstić information content (AvgIpc) is 2.95. The highest BCUT2D eigenvalue weighted by atomic mass is 15.1. The van der Waals surface area contributed by atoms with Crippen molar-refractivity contribution >= 4 is 10.8 Å². The van der Waals surface area contributed by atoms with E-state index < -0.39 is 0 Å². The number of H-pyrrole nitrogens is 1. The summed E-state index contributed by atoms with van der Waals surface area (Å²) < 4.78 is 0. The molecule has 0 unspecified atom stereocenters. The van der Waals surface area contributed by atoms with E-state index in [1.165, 1.54) is 29.2 Å². The molecule has 2 heterocycles. The van der Waals surface area contributed by atoms with Crippen molar-refractivity contribution in [2.24, 2.45) is 5.92 Å². The molecule has 1 aliphatic carbocycles. The Morgan fingerprint density at radius 2 is 1.90 bits per heavy atom. The van der Waals surface area contributed by atoms with Gasteiger partial charge in [0.25, 0.3) is 0 Å². The van der Waals surface area contributed by atoms with Gasteiger partial charge in [0.15, 0.2) is 0 Å². The molecule has 2 aliphatic rings. The molecular weight excluding hydrogens is 258 g/mol. The third kappa shape index (κ3) is 1.88. The monoisotopic (exact) mass is 275 g/mol. The molecule has 1 aromatic heterocycles. The molecule has 3 heteroatoms. The number of nitrogens with zero attached hydrogens (tertiary/aromatic N) is 1. The van der Waals surface area contributed by atoms with Crippen LogP contribution in [0.5, 0.6) is 0 Å². The topological polar surface area (TPSA) is 40.7 Å². The van der Waals surface area contributed by atoms with Gasteiger partial charge in [0.1, 0.15) is 5.82 Å². The maximum Gasteiger partial charge on any atom is 0.123 e. The van der Waals surface area contributed by atoms with Crippen molar-refractivity contribution in [3.8, 4) is 11.3 Å². The van der Waals surface area contributed by atoms with E-state index in [2.05, 4.69) is 57.7 Å². The molecular formula is C18H17N3. The number of fused-ring (bicyclic) bond motifs is 2. The lowest BCUT2D eigenvalue weighted by Gasteiger charge is -2.09. The molecule has 0 bridgehead atoms. The summed E-state index contributed by atoms with van der Waals surface area (Å²) in [5.74, 6) is 1.98. The first-order chi connectivity index (χ1) is 10.4. The van der Waals surface area contributed by atoms with Crippen molar-refractivity contribution in [2.45, 2.75) is 24.9 Å². The molecule has 3 atom stereocenters. The standard InChI is InChI=1S/C18H17N3/c1-2-4-12-7-13(6-5-11(12)3-1)17-10-19-18(21-17)16-9-14-8-15(14)20-16/h1-7,10,14-16,20H,8-9H2,(H,19,21)/t14-,15-,16+/m1/s1. The third-order valence-corrected chi connectivity index (χ3v) is 4.86. The highest BCUT2D eigenvalue weighted by molar-refractivity contribution is 5.86. The number of aromatic nitrogens is 2. The zero-order chi connectivity index (χ0) is 13.8. The van der Waals surface area contributed by atoms with Crippen LogP contribution >= 0.6 is 0 Å². The molecule has 0 radical (unpaired) electrons. The Morgan fingerprint density at radius 1 is 1.00 bits per heavy atom. The van der Waals surface area contributed by atoms with Gasteiger partial charge in [-0.15, -0.1) is 0 Å². The van der Waals surface area contributed by atoms with Crippen LogP contribution < -0.4 is 5.32 Å². The van der Waals surface area contributed by atoms with E-state index >= 15 is 0 Å². The molecule has 0 amide bonds. The summed E-state index contributed by atoms with van der Waals surface area (Å²) in [6.45, 7) is 0. The highest BCUT2D eigenvalue weighted by Crippen LogP contribution is 2.45. The normalized spacial score (nSPS) is 27.0.